The van der Waals surface area contributed by atoms with Gasteiger partial charge in [0.15, 0.2) is 11.6 Å². The molecule has 0 saturated carbocycles. The Morgan fingerprint density at radius 1 is 0.956 bits per heavy atom. The molecule has 5 rings (SSSR count). The van der Waals surface area contributed by atoms with Crippen LogP contribution in [0.25, 0.3) is 6.08 Å². The van der Waals surface area contributed by atoms with Crippen LogP contribution in [0.4, 0.5) is 0 Å². The Kier molecular flexibility index (Phi) is 11.2. The van der Waals surface area contributed by atoms with Crippen molar-refractivity contribution in [2.75, 3.05) is 13.2 Å². The molecule has 0 radical (unpaired) electrons. The molecule has 0 spiro atoms. The number of aliphatic hydroxyl groups is 1. The zero-order valence-electron chi connectivity index (χ0n) is 24.3. The van der Waals surface area contributed by atoms with Crippen LogP contribution in [0.3, 0.4) is 0 Å². The molecule has 0 unspecified atom stereocenters. The molecule has 4 aromatic rings. The van der Waals surface area contributed by atoms with Gasteiger partial charge in [-0.2, -0.15) is 0 Å². The van der Waals surface area contributed by atoms with E-state index >= 15 is 0 Å². The van der Waals surface area contributed by atoms with Crippen LogP contribution in [0.1, 0.15) is 41.2 Å². The van der Waals surface area contributed by atoms with Crippen molar-refractivity contribution in [1.29, 1.82) is 0 Å². The number of hydrazine groups is 1. The molecule has 3 N–H and O–H groups in total. The highest BCUT2D eigenvalue weighted by atomic mass is 35.5. The minimum atomic E-state index is -1.45. The molecule has 10 heteroatoms. The Morgan fingerprint density at radius 3 is 2.47 bits per heavy atom. The first-order valence-corrected chi connectivity index (χ1v) is 15.6. The average molecular weight is 665 g/mol. The number of nitrogens with zero attached hydrogens (tertiary/aromatic N) is 1. The molecule has 1 aliphatic heterocycles. The Bertz CT molecular complexity index is 1660. The first-order chi connectivity index (χ1) is 21.9. The maximum Gasteiger partial charge on any atom is 0.266 e. The third kappa shape index (κ3) is 8.25. The van der Waals surface area contributed by atoms with Gasteiger partial charge in [0.25, 0.3) is 5.91 Å². The average Bonchev–Trinajstić information content (AvgIpc) is 3.42. The van der Waals surface area contributed by atoms with E-state index in [-0.39, 0.29) is 18.9 Å². The summed E-state index contributed by atoms with van der Waals surface area (Å²) in [6.45, 7) is 0.779. The molecule has 0 aliphatic carbocycles. The van der Waals surface area contributed by atoms with Crippen molar-refractivity contribution in [3.8, 4) is 5.75 Å². The molecule has 232 valence electrons. The Balaban J connectivity index is 1.51. The summed E-state index contributed by atoms with van der Waals surface area (Å²) >= 11 is 19.1. The first-order valence-electron chi connectivity index (χ1n) is 14.4. The van der Waals surface area contributed by atoms with Crippen molar-refractivity contribution in [3.05, 3.63) is 140 Å². The lowest BCUT2D eigenvalue weighted by atomic mass is 9.84. The lowest BCUT2D eigenvalue weighted by molar-refractivity contribution is -0.129. The van der Waals surface area contributed by atoms with Gasteiger partial charge in [0, 0.05) is 52.2 Å². The van der Waals surface area contributed by atoms with E-state index in [2.05, 4.69) is 10.9 Å². The molecule has 1 heterocycles. The van der Waals surface area contributed by atoms with Crippen molar-refractivity contribution >= 4 is 52.7 Å². The fourth-order valence-corrected chi connectivity index (χ4v) is 5.65. The second-order valence-electron chi connectivity index (χ2n) is 10.4. The Labute approximate surface area is 277 Å². The van der Waals surface area contributed by atoms with E-state index in [1.54, 1.807) is 36.4 Å². The number of amides is 1. The summed E-state index contributed by atoms with van der Waals surface area (Å²) in [6, 6.07) is 29.5. The zero-order valence-corrected chi connectivity index (χ0v) is 26.5. The van der Waals surface area contributed by atoms with E-state index in [0.717, 1.165) is 11.1 Å². The van der Waals surface area contributed by atoms with Crippen LogP contribution in [0.15, 0.2) is 108 Å². The molecule has 45 heavy (non-hydrogen) atoms. The molecule has 0 fully saturated rings. The van der Waals surface area contributed by atoms with E-state index in [1.165, 1.54) is 0 Å². The quantitative estimate of drug-likeness (QED) is 0.101. The molecule has 0 bridgehead atoms. The number of benzene rings is 4. The van der Waals surface area contributed by atoms with Crippen LogP contribution in [0.2, 0.25) is 15.1 Å². The number of hydrogen-bond donors (Lipinski definition) is 3. The summed E-state index contributed by atoms with van der Waals surface area (Å²) in [4.78, 5) is 19.3. The van der Waals surface area contributed by atoms with E-state index in [4.69, 9.17) is 54.4 Å². The summed E-state index contributed by atoms with van der Waals surface area (Å²) in [5.74, 6) is 0.520. The van der Waals surface area contributed by atoms with Gasteiger partial charge in [0.2, 0.25) is 5.90 Å². The number of carbonyl (C=O) groups excluding carboxylic acids is 1. The van der Waals surface area contributed by atoms with Crippen LogP contribution in [-0.2, 0) is 16.1 Å². The SMILES string of the molecule is O=C(NNCc1cccc(Cl)c1)[C@@]1(C/C=C/c2ccccc2)N=C(c2ccc(OCCCO)cc2)O[C@H]1c1ccc(Cl)cc1Cl. The van der Waals surface area contributed by atoms with Gasteiger partial charge in [-0.05, 0) is 59.7 Å². The fraction of sp³-hybridized carbons (Fsp3) is 0.200. The smallest absolute Gasteiger partial charge is 0.266 e. The molecular weight excluding hydrogens is 633 g/mol. The van der Waals surface area contributed by atoms with Gasteiger partial charge in [-0.15, -0.1) is 0 Å². The minimum Gasteiger partial charge on any atom is -0.494 e. The highest BCUT2D eigenvalue weighted by Gasteiger charge is 2.53. The van der Waals surface area contributed by atoms with Gasteiger partial charge in [0.05, 0.1) is 6.61 Å². The molecule has 1 aliphatic rings. The van der Waals surface area contributed by atoms with Crippen LogP contribution < -0.4 is 15.6 Å². The maximum absolute atomic E-state index is 14.3. The normalized spacial score (nSPS) is 17.6. The molecule has 1 amide bonds. The van der Waals surface area contributed by atoms with Crippen LogP contribution in [0.5, 0.6) is 5.75 Å². The zero-order chi connectivity index (χ0) is 31.6. The standard InChI is InChI=1S/C35H32Cl3N3O4/c36-27-11-4-9-25(21-27)23-39-41-34(43)35(18-5-10-24-7-2-1-3-8-24)32(30-17-14-28(37)22-31(30)38)45-33(40-35)26-12-15-29(16-13-26)44-20-6-19-42/h1-5,7-17,21-22,32,39,42H,6,18-20,23H2,(H,41,43)/b10-5+/t32-,35-/m0/s1. The van der Waals surface area contributed by atoms with Gasteiger partial charge < -0.3 is 14.6 Å². The minimum absolute atomic E-state index is 0.0498. The highest BCUT2D eigenvalue weighted by molar-refractivity contribution is 6.35. The maximum atomic E-state index is 14.3. The number of aliphatic hydroxyl groups excluding tert-OH is 1. The van der Waals surface area contributed by atoms with Crippen LogP contribution >= 0.6 is 34.8 Å². The van der Waals surface area contributed by atoms with E-state index in [9.17, 15) is 4.79 Å². The summed E-state index contributed by atoms with van der Waals surface area (Å²) in [5.41, 5.74) is 7.54. The molecule has 0 saturated heterocycles. The van der Waals surface area contributed by atoms with Gasteiger partial charge in [-0.1, -0.05) is 95.5 Å². The number of ether oxygens (including phenoxy) is 2. The number of rotatable bonds is 13. The summed E-state index contributed by atoms with van der Waals surface area (Å²) < 4.78 is 12.2. The fourth-order valence-electron chi connectivity index (χ4n) is 4.93. The molecular formula is C35H32Cl3N3O4. The van der Waals surface area contributed by atoms with Crippen LogP contribution in [0, 0.1) is 0 Å². The monoisotopic (exact) mass is 663 g/mol. The van der Waals surface area contributed by atoms with Crippen molar-refractivity contribution < 1.29 is 19.4 Å². The van der Waals surface area contributed by atoms with E-state index in [1.807, 2.05) is 72.8 Å². The summed E-state index contributed by atoms with van der Waals surface area (Å²) in [5, 5.41) is 10.5. The predicted molar refractivity (Wildman–Crippen MR) is 180 cm³/mol. The molecule has 7 nitrogen and oxygen atoms in total. The second-order valence-corrected chi connectivity index (χ2v) is 11.7. The van der Waals surface area contributed by atoms with Gasteiger partial charge in [-0.25, -0.2) is 10.4 Å². The third-order valence-electron chi connectivity index (χ3n) is 7.20. The Hall–Kier alpha value is -3.85. The lowest BCUT2D eigenvalue weighted by Gasteiger charge is -2.30. The van der Waals surface area contributed by atoms with Crippen LogP contribution in [-0.4, -0.2) is 35.7 Å². The number of halogens is 3. The van der Waals surface area contributed by atoms with Crippen molar-refractivity contribution in [2.24, 2.45) is 4.99 Å². The molecule has 0 aromatic heterocycles. The van der Waals surface area contributed by atoms with Crippen molar-refractivity contribution in [2.45, 2.75) is 31.0 Å². The lowest BCUT2D eigenvalue weighted by Crippen LogP contribution is -2.52. The second kappa shape index (κ2) is 15.4. The van der Waals surface area contributed by atoms with E-state index < -0.39 is 17.6 Å². The number of carbonyl (C=O) groups is 1. The topological polar surface area (TPSA) is 92.2 Å². The largest absolute Gasteiger partial charge is 0.494 e. The summed E-state index contributed by atoms with van der Waals surface area (Å²) in [6.07, 6.45) is 3.70. The third-order valence-corrected chi connectivity index (χ3v) is 7.99. The van der Waals surface area contributed by atoms with Crippen molar-refractivity contribution in [3.63, 3.8) is 0 Å². The molecule has 2 atom stereocenters. The highest BCUT2D eigenvalue weighted by Crippen LogP contribution is 2.45. The van der Waals surface area contributed by atoms with E-state index in [0.29, 0.717) is 51.5 Å². The van der Waals surface area contributed by atoms with Crippen molar-refractivity contribution in [1.82, 2.24) is 10.9 Å². The number of nitrogens with one attached hydrogen (secondary N) is 2. The van der Waals surface area contributed by atoms with Gasteiger partial charge >= 0.3 is 0 Å². The molecule has 4 aromatic carbocycles. The number of hydrogen-bond acceptors (Lipinski definition) is 6. The predicted octanol–water partition coefficient (Wildman–Crippen LogP) is 7.59. The number of aliphatic imine (C=N–C) groups is 1. The Morgan fingerprint density at radius 2 is 1.73 bits per heavy atom. The summed E-state index contributed by atoms with van der Waals surface area (Å²) in [7, 11) is 0. The van der Waals surface area contributed by atoms with Gasteiger partial charge in [-0.3, -0.25) is 10.2 Å². The van der Waals surface area contributed by atoms with Gasteiger partial charge in [0.1, 0.15) is 5.75 Å². The first kappa shape index (κ1) is 32.5.